The summed E-state index contributed by atoms with van der Waals surface area (Å²) in [5, 5.41) is 0. The van der Waals surface area contributed by atoms with E-state index in [4.69, 9.17) is 4.74 Å². The quantitative estimate of drug-likeness (QED) is 0.709. The maximum atomic E-state index is 11.7. The van der Waals surface area contributed by atoms with Gasteiger partial charge in [0.1, 0.15) is 5.75 Å². The molecular formula is C12H12O4. The van der Waals surface area contributed by atoms with Gasteiger partial charge in [0, 0.05) is 12.0 Å². The number of carbonyl (C=O) groups is 2. The fourth-order valence-corrected chi connectivity index (χ4v) is 1.97. The molecule has 1 unspecified atom stereocenters. The maximum Gasteiger partial charge on any atom is 0.313 e. The number of hydrogen-bond donors (Lipinski definition) is 0. The summed E-state index contributed by atoms with van der Waals surface area (Å²) in [6.45, 7) is 0. The van der Waals surface area contributed by atoms with Crippen LogP contribution in [-0.2, 0) is 9.53 Å². The zero-order valence-corrected chi connectivity index (χ0v) is 9.15. The summed E-state index contributed by atoms with van der Waals surface area (Å²) in [5.74, 6) is -0.238. The molecule has 84 valence electrons. The van der Waals surface area contributed by atoms with Crippen LogP contribution >= 0.6 is 0 Å². The van der Waals surface area contributed by atoms with Gasteiger partial charge in [-0.3, -0.25) is 9.59 Å². The van der Waals surface area contributed by atoms with Crippen LogP contribution in [0, 0.1) is 0 Å². The van der Waals surface area contributed by atoms with Crippen molar-refractivity contribution in [2.24, 2.45) is 0 Å². The molecule has 0 amide bonds. The molecule has 2 rings (SSSR count). The summed E-state index contributed by atoms with van der Waals surface area (Å²) < 4.78 is 9.71. The van der Waals surface area contributed by atoms with Crippen LogP contribution in [0.4, 0.5) is 0 Å². The van der Waals surface area contributed by atoms with E-state index in [0.29, 0.717) is 11.3 Å². The number of carbonyl (C=O) groups excluding carboxylic acids is 2. The van der Waals surface area contributed by atoms with Crippen LogP contribution in [0.3, 0.4) is 0 Å². The highest BCUT2D eigenvalue weighted by Gasteiger charge is 2.35. The molecule has 1 aliphatic rings. The van der Waals surface area contributed by atoms with Gasteiger partial charge in [0.2, 0.25) is 0 Å². The van der Waals surface area contributed by atoms with Crippen molar-refractivity contribution in [3.05, 3.63) is 29.3 Å². The van der Waals surface area contributed by atoms with Crippen molar-refractivity contribution in [2.75, 3.05) is 14.2 Å². The molecule has 0 fully saturated rings. The molecule has 0 N–H and O–H groups in total. The van der Waals surface area contributed by atoms with Gasteiger partial charge in [0.25, 0.3) is 0 Å². The van der Waals surface area contributed by atoms with Crippen LogP contribution in [0.1, 0.15) is 28.3 Å². The Morgan fingerprint density at radius 1 is 1.38 bits per heavy atom. The van der Waals surface area contributed by atoms with Crippen LogP contribution in [0.2, 0.25) is 0 Å². The first kappa shape index (κ1) is 10.7. The van der Waals surface area contributed by atoms with Crippen LogP contribution in [0.5, 0.6) is 5.75 Å². The molecule has 0 heterocycles. The number of Topliss-reactive ketones (excluding diaryl/α,β-unsaturated/α-hetero) is 1. The van der Waals surface area contributed by atoms with Crippen molar-refractivity contribution < 1.29 is 19.1 Å². The maximum absolute atomic E-state index is 11.7. The minimum Gasteiger partial charge on any atom is -0.497 e. The van der Waals surface area contributed by atoms with E-state index in [1.807, 2.05) is 0 Å². The van der Waals surface area contributed by atoms with Crippen LogP contribution in [0.15, 0.2) is 18.2 Å². The Kier molecular flexibility index (Phi) is 2.64. The Hall–Kier alpha value is -1.84. The van der Waals surface area contributed by atoms with Crippen molar-refractivity contribution in [3.63, 3.8) is 0 Å². The summed E-state index contributed by atoms with van der Waals surface area (Å²) in [6.07, 6.45) is 0.190. The van der Waals surface area contributed by atoms with Crippen LogP contribution in [-0.4, -0.2) is 26.0 Å². The highest BCUT2D eigenvalue weighted by atomic mass is 16.5. The van der Waals surface area contributed by atoms with Crippen molar-refractivity contribution in [2.45, 2.75) is 12.3 Å². The van der Waals surface area contributed by atoms with Gasteiger partial charge in [-0.25, -0.2) is 0 Å². The van der Waals surface area contributed by atoms with E-state index in [9.17, 15) is 9.59 Å². The first-order chi connectivity index (χ1) is 7.67. The number of fused-ring (bicyclic) bond motifs is 1. The fraction of sp³-hybridized carbons (Fsp3) is 0.333. The summed E-state index contributed by atoms with van der Waals surface area (Å²) in [6, 6.07) is 5.16. The van der Waals surface area contributed by atoms with Gasteiger partial charge < -0.3 is 9.47 Å². The van der Waals surface area contributed by atoms with E-state index in [1.54, 1.807) is 25.3 Å². The standard InChI is InChI=1S/C12H12O4/c1-15-7-3-4-8-9(5-7)11(13)6-10(8)12(14)16-2/h3-5,10H,6H2,1-2H3. The Morgan fingerprint density at radius 2 is 2.12 bits per heavy atom. The normalized spacial score (nSPS) is 18.1. The van der Waals surface area contributed by atoms with Crippen LogP contribution in [0.25, 0.3) is 0 Å². The number of ether oxygens (including phenoxy) is 2. The highest BCUT2D eigenvalue weighted by molar-refractivity contribution is 6.06. The summed E-state index contributed by atoms with van der Waals surface area (Å²) in [7, 11) is 2.87. The number of esters is 1. The summed E-state index contributed by atoms with van der Waals surface area (Å²) >= 11 is 0. The minimum absolute atomic E-state index is 0.0377. The number of rotatable bonds is 2. The van der Waals surface area contributed by atoms with E-state index >= 15 is 0 Å². The summed E-state index contributed by atoms with van der Waals surface area (Å²) in [5.41, 5.74) is 1.30. The molecule has 4 heteroatoms. The second-order valence-electron chi connectivity index (χ2n) is 3.66. The number of methoxy groups -OCH3 is 2. The van der Waals surface area contributed by atoms with E-state index in [1.165, 1.54) is 7.11 Å². The topological polar surface area (TPSA) is 52.6 Å². The molecule has 0 radical (unpaired) electrons. The van der Waals surface area contributed by atoms with Gasteiger partial charge in [-0.15, -0.1) is 0 Å². The molecule has 0 aliphatic heterocycles. The molecule has 0 saturated carbocycles. The molecule has 1 aromatic carbocycles. The monoisotopic (exact) mass is 220 g/mol. The van der Waals surface area contributed by atoms with Crippen molar-refractivity contribution in [1.29, 1.82) is 0 Å². The third-order valence-electron chi connectivity index (χ3n) is 2.81. The van der Waals surface area contributed by atoms with E-state index < -0.39 is 5.92 Å². The lowest BCUT2D eigenvalue weighted by Crippen LogP contribution is -2.11. The molecule has 16 heavy (non-hydrogen) atoms. The minimum atomic E-state index is -0.460. The van der Waals surface area contributed by atoms with Gasteiger partial charge in [-0.05, 0) is 17.7 Å². The van der Waals surface area contributed by atoms with Gasteiger partial charge in [0.05, 0.1) is 20.1 Å². The SMILES string of the molecule is COC(=O)C1CC(=O)c2cc(OC)ccc21. The molecular weight excluding hydrogens is 208 g/mol. The van der Waals surface area contributed by atoms with Crippen LogP contribution < -0.4 is 4.74 Å². The lowest BCUT2D eigenvalue weighted by molar-refractivity contribution is -0.142. The Balaban J connectivity index is 2.43. The van der Waals surface area contributed by atoms with E-state index in [2.05, 4.69) is 4.74 Å². The average molecular weight is 220 g/mol. The highest BCUT2D eigenvalue weighted by Crippen LogP contribution is 2.35. The first-order valence-corrected chi connectivity index (χ1v) is 4.96. The van der Waals surface area contributed by atoms with Crippen molar-refractivity contribution in [3.8, 4) is 5.75 Å². The Labute approximate surface area is 93.2 Å². The molecule has 1 atom stereocenters. The first-order valence-electron chi connectivity index (χ1n) is 4.96. The largest absolute Gasteiger partial charge is 0.497 e. The molecule has 1 aromatic rings. The third-order valence-corrected chi connectivity index (χ3v) is 2.81. The van der Waals surface area contributed by atoms with Gasteiger partial charge in [-0.2, -0.15) is 0 Å². The van der Waals surface area contributed by atoms with E-state index in [0.717, 1.165) is 5.56 Å². The lowest BCUT2D eigenvalue weighted by atomic mass is 10.0. The van der Waals surface area contributed by atoms with Crippen molar-refractivity contribution in [1.82, 2.24) is 0 Å². The predicted octanol–water partition coefficient (Wildman–Crippen LogP) is 1.54. The average Bonchev–Trinajstić information content (AvgIpc) is 2.65. The zero-order chi connectivity index (χ0) is 11.7. The smallest absolute Gasteiger partial charge is 0.313 e. The van der Waals surface area contributed by atoms with Gasteiger partial charge in [-0.1, -0.05) is 6.07 Å². The van der Waals surface area contributed by atoms with E-state index in [-0.39, 0.29) is 18.2 Å². The lowest BCUT2D eigenvalue weighted by Gasteiger charge is -2.08. The number of hydrogen-bond acceptors (Lipinski definition) is 4. The number of ketones is 1. The van der Waals surface area contributed by atoms with Gasteiger partial charge >= 0.3 is 5.97 Å². The fourth-order valence-electron chi connectivity index (χ4n) is 1.97. The molecule has 0 bridgehead atoms. The number of benzene rings is 1. The third kappa shape index (κ3) is 1.56. The molecule has 4 nitrogen and oxygen atoms in total. The second kappa shape index (κ2) is 3.96. The molecule has 0 saturated heterocycles. The predicted molar refractivity (Wildman–Crippen MR) is 56.7 cm³/mol. The second-order valence-corrected chi connectivity index (χ2v) is 3.66. The zero-order valence-electron chi connectivity index (χ0n) is 9.15. The van der Waals surface area contributed by atoms with Crippen molar-refractivity contribution >= 4 is 11.8 Å². The molecule has 0 aromatic heterocycles. The molecule has 1 aliphatic carbocycles. The Morgan fingerprint density at radius 3 is 2.75 bits per heavy atom. The Bertz CT molecular complexity index is 450. The summed E-state index contributed by atoms with van der Waals surface area (Å²) in [4.78, 5) is 23.2. The van der Waals surface area contributed by atoms with Gasteiger partial charge in [0.15, 0.2) is 5.78 Å². The molecule has 0 spiro atoms.